The van der Waals surface area contributed by atoms with Gasteiger partial charge in [-0.25, -0.2) is 4.98 Å². The molecule has 3 N–H and O–H groups in total. The van der Waals surface area contributed by atoms with Gasteiger partial charge in [-0.3, -0.25) is 4.79 Å². The quantitative estimate of drug-likeness (QED) is 0.870. The fourth-order valence-corrected chi connectivity index (χ4v) is 3.84. The maximum atomic E-state index is 12.4. The molecule has 0 aliphatic heterocycles. The molecule has 4 heteroatoms. The molecule has 0 saturated heterocycles. The highest BCUT2D eigenvalue weighted by atomic mass is 16.1. The molecule has 2 bridgehead atoms. The van der Waals surface area contributed by atoms with Crippen molar-refractivity contribution < 1.29 is 4.79 Å². The zero-order valence-electron chi connectivity index (χ0n) is 12.0. The summed E-state index contributed by atoms with van der Waals surface area (Å²) in [5.74, 6) is 1.95. The number of anilines is 1. The van der Waals surface area contributed by atoms with Gasteiger partial charge in [0.1, 0.15) is 5.82 Å². The van der Waals surface area contributed by atoms with Crippen LogP contribution in [0, 0.1) is 24.7 Å². The molecule has 0 radical (unpaired) electrons. The Bertz CT molecular complexity index is 488. The Morgan fingerprint density at radius 3 is 2.65 bits per heavy atom. The van der Waals surface area contributed by atoms with Crippen molar-refractivity contribution in [2.45, 2.75) is 45.1 Å². The molecular formula is C16H23N3O. The molecular weight excluding hydrogens is 250 g/mol. The lowest BCUT2D eigenvalue weighted by Gasteiger charge is -2.43. The largest absolute Gasteiger partial charge is 0.327 e. The van der Waals surface area contributed by atoms with Crippen LogP contribution in [0.15, 0.2) is 18.2 Å². The Labute approximate surface area is 120 Å². The molecule has 2 aliphatic rings. The van der Waals surface area contributed by atoms with Crippen LogP contribution in [0.25, 0.3) is 0 Å². The number of nitrogens with zero attached hydrogens (tertiary/aromatic N) is 1. The van der Waals surface area contributed by atoms with E-state index in [4.69, 9.17) is 5.73 Å². The fourth-order valence-electron chi connectivity index (χ4n) is 3.84. The van der Waals surface area contributed by atoms with E-state index in [-0.39, 0.29) is 11.8 Å². The molecule has 2 unspecified atom stereocenters. The third-order valence-electron chi connectivity index (χ3n) is 4.92. The fraction of sp³-hybridized carbons (Fsp3) is 0.625. The number of fused-ring (bicyclic) bond motifs is 2. The van der Waals surface area contributed by atoms with Crippen molar-refractivity contribution in [3.8, 4) is 0 Å². The van der Waals surface area contributed by atoms with Crippen LogP contribution in [0.3, 0.4) is 0 Å². The second kappa shape index (κ2) is 5.52. The second-order valence-corrected chi connectivity index (χ2v) is 6.35. The van der Waals surface area contributed by atoms with E-state index < -0.39 is 0 Å². The van der Waals surface area contributed by atoms with E-state index in [2.05, 4.69) is 10.3 Å². The summed E-state index contributed by atoms with van der Waals surface area (Å²) in [6.45, 7) is 1.93. The minimum absolute atomic E-state index is 0.104. The number of amides is 1. The Morgan fingerprint density at radius 2 is 2.00 bits per heavy atom. The number of hydrogen-bond acceptors (Lipinski definition) is 3. The molecule has 2 saturated carbocycles. The van der Waals surface area contributed by atoms with Crippen LogP contribution in [-0.2, 0) is 4.79 Å². The number of rotatable bonds is 2. The number of aryl methyl sites for hydroxylation is 1. The third-order valence-corrected chi connectivity index (χ3v) is 4.92. The first-order valence-corrected chi connectivity index (χ1v) is 7.63. The molecule has 2 atom stereocenters. The summed E-state index contributed by atoms with van der Waals surface area (Å²) in [5.41, 5.74) is 7.20. The van der Waals surface area contributed by atoms with E-state index >= 15 is 0 Å². The van der Waals surface area contributed by atoms with Gasteiger partial charge in [0.05, 0.1) is 0 Å². The van der Waals surface area contributed by atoms with E-state index in [1.165, 1.54) is 19.3 Å². The van der Waals surface area contributed by atoms with Crippen LogP contribution in [-0.4, -0.2) is 16.9 Å². The number of nitrogens with two attached hydrogens (primary N) is 1. The van der Waals surface area contributed by atoms with Crippen molar-refractivity contribution in [1.29, 1.82) is 0 Å². The maximum Gasteiger partial charge on any atom is 0.228 e. The number of aromatic nitrogens is 1. The van der Waals surface area contributed by atoms with Gasteiger partial charge in [-0.15, -0.1) is 0 Å². The normalized spacial score (nSPS) is 32.7. The van der Waals surface area contributed by atoms with E-state index in [1.54, 1.807) is 0 Å². The Morgan fingerprint density at radius 1 is 1.30 bits per heavy atom. The number of pyridine rings is 1. The van der Waals surface area contributed by atoms with Gasteiger partial charge in [0.2, 0.25) is 5.91 Å². The summed E-state index contributed by atoms with van der Waals surface area (Å²) in [6.07, 6.45) is 5.52. The topological polar surface area (TPSA) is 68.0 Å². The highest BCUT2D eigenvalue weighted by molar-refractivity contribution is 5.91. The first kappa shape index (κ1) is 13.6. The lowest BCUT2D eigenvalue weighted by Crippen LogP contribution is -2.48. The molecule has 2 fully saturated rings. The van der Waals surface area contributed by atoms with Gasteiger partial charge in [-0.05, 0) is 56.6 Å². The SMILES string of the molecule is Cc1cccc(NC(=O)C2CC3CCCC(C2)C3N)n1. The summed E-state index contributed by atoms with van der Waals surface area (Å²) >= 11 is 0. The van der Waals surface area contributed by atoms with Crippen LogP contribution in [0.4, 0.5) is 5.82 Å². The molecule has 2 aliphatic carbocycles. The van der Waals surface area contributed by atoms with Gasteiger partial charge in [0.25, 0.3) is 0 Å². The molecule has 1 aromatic rings. The van der Waals surface area contributed by atoms with E-state index in [1.807, 2.05) is 25.1 Å². The monoisotopic (exact) mass is 273 g/mol. The predicted molar refractivity (Wildman–Crippen MR) is 79.1 cm³/mol. The average Bonchev–Trinajstić information content (AvgIpc) is 2.38. The summed E-state index contributed by atoms with van der Waals surface area (Å²) in [7, 11) is 0. The van der Waals surface area contributed by atoms with E-state index in [9.17, 15) is 4.79 Å². The maximum absolute atomic E-state index is 12.4. The van der Waals surface area contributed by atoms with Crippen LogP contribution in [0.5, 0.6) is 0 Å². The standard InChI is InChI=1S/C16H23N3O/c1-10-4-2-7-14(18-10)19-16(20)13-8-11-5-3-6-12(9-13)15(11)17/h2,4,7,11-13,15H,3,5-6,8-9,17H2,1H3,(H,18,19,20). The summed E-state index contributed by atoms with van der Waals surface area (Å²) in [5, 5.41) is 2.97. The second-order valence-electron chi connectivity index (χ2n) is 6.35. The van der Waals surface area contributed by atoms with Gasteiger partial charge in [0, 0.05) is 17.7 Å². The molecule has 20 heavy (non-hydrogen) atoms. The molecule has 0 spiro atoms. The van der Waals surface area contributed by atoms with Crippen molar-refractivity contribution in [3.63, 3.8) is 0 Å². The Hall–Kier alpha value is -1.42. The Balaban J connectivity index is 1.66. The average molecular weight is 273 g/mol. The smallest absolute Gasteiger partial charge is 0.228 e. The Kier molecular flexibility index (Phi) is 3.74. The van der Waals surface area contributed by atoms with E-state index in [0.717, 1.165) is 18.5 Å². The van der Waals surface area contributed by atoms with Crippen molar-refractivity contribution in [2.75, 3.05) is 5.32 Å². The first-order valence-electron chi connectivity index (χ1n) is 7.63. The summed E-state index contributed by atoms with van der Waals surface area (Å²) < 4.78 is 0. The van der Waals surface area contributed by atoms with Crippen LogP contribution in [0.1, 0.15) is 37.8 Å². The summed E-state index contributed by atoms with van der Waals surface area (Å²) in [6, 6.07) is 6.01. The van der Waals surface area contributed by atoms with Gasteiger partial charge in [-0.2, -0.15) is 0 Å². The van der Waals surface area contributed by atoms with E-state index in [0.29, 0.717) is 23.7 Å². The minimum atomic E-state index is 0.104. The lowest BCUT2D eigenvalue weighted by atomic mass is 9.65. The molecule has 0 aromatic carbocycles. The van der Waals surface area contributed by atoms with Crippen LogP contribution >= 0.6 is 0 Å². The molecule has 4 nitrogen and oxygen atoms in total. The highest BCUT2D eigenvalue weighted by Gasteiger charge is 2.40. The van der Waals surface area contributed by atoms with Gasteiger partial charge < -0.3 is 11.1 Å². The lowest BCUT2D eigenvalue weighted by molar-refractivity contribution is -0.122. The van der Waals surface area contributed by atoms with Gasteiger partial charge in [-0.1, -0.05) is 12.5 Å². The van der Waals surface area contributed by atoms with Crippen molar-refractivity contribution >= 4 is 11.7 Å². The zero-order chi connectivity index (χ0) is 14.1. The minimum Gasteiger partial charge on any atom is -0.327 e. The number of hydrogen-bond donors (Lipinski definition) is 2. The van der Waals surface area contributed by atoms with Crippen molar-refractivity contribution in [2.24, 2.45) is 23.5 Å². The van der Waals surface area contributed by atoms with Gasteiger partial charge >= 0.3 is 0 Å². The highest BCUT2D eigenvalue weighted by Crippen LogP contribution is 2.42. The number of carbonyl (C=O) groups excluding carboxylic acids is 1. The molecule has 1 heterocycles. The molecule has 108 valence electrons. The van der Waals surface area contributed by atoms with Gasteiger partial charge in [0.15, 0.2) is 0 Å². The molecule has 1 amide bonds. The summed E-state index contributed by atoms with van der Waals surface area (Å²) in [4.78, 5) is 16.8. The number of carbonyl (C=O) groups is 1. The first-order chi connectivity index (χ1) is 9.63. The number of nitrogens with one attached hydrogen (secondary N) is 1. The zero-order valence-corrected chi connectivity index (χ0v) is 12.0. The molecule has 1 aromatic heterocycles. The van der Waals surface area contributed by atoms with Crippen LogP contribution in [0.2, 0.25) is 0 Å². The van der Waals surface area contributed by atoms with Crippen molar-refractivity contribution in [3.05, 3.63) is 23.9 Å². The molecule has 3 rings (SSSR count). The van der Waals surface area contributed by atoms with Crippen LogP contribution < -0.4 is 11.1 Å². The third kappa shape index (κ3) is 2.70. The van der Waals surface area contributed by atoms with Crippen molar-refractivity contribution in [1.82, 2.24) is 4.98 Å². The predicted octanol–water partition coefficient (Wildman–Crippen LogP) is 2.48.